The fourth-order valence-electron chi connectivity index (χ4n) is 2.28. The van der Waals surface area contributed by atoms with E-state index in [1.165, 1.54) is 11.3 Å². The van der Waals surface area contributed by atoms with E-state index in [4.69, 9.17) is 0 Å². The zero-order valence-corrected chi connectivity index (χ0v) is 12.4. The molecule has 2 rings (SSSR count). The van der Waals surface area contributed by atoms with Gasteiger partial charge in [-0.3, -0.25) is 0 Å². The van der Waals surface area contributed by atoms with E-state index in [1.807, 2.05) is 12.3 Å². The summed E-state index contributed by atoms with van der Waals surface area (Å²) in [6.07, 6.45) is 1.79. The molecule has 0 radical (unpaired) electrons. The van der Waals surface area contributed by atoms with Gasteiger partial charge in [-0.2, -0.15) is 4.31 Å². The van der Waals surface area contributed by atoms with Gasteiger partial charge < -0.3 is 5.32 Å². The van der Waals surface area contributed by atoms with Crippen molar-refractivity contribution in [2.45, 2.75) is 43.0 Å². The van der Waals surface area contributed by atoms with Crippen molar-refractivity contribution < 1.29 is 8.42 Å². The molecule has 1 fully saturated rings. The predicted molar refractivity (Wildman–Crippen MR) is 74.4 cm³/mol. The Balaban J connectivity index is 2.28. The molecule has 18 heavy (non-hydrogen) atoms. The van der Waals surface area contributed by atoms with Gasteiger partial charge in [0.2, 0.25) is 0 Å². The van der Waals surface area contributed by atoms with Crippen LogP contribution in [0.3, 0.4) is 0 Å². The van der Waals surface area contributed by atoms with E-state index in [0.29, 0.717) is 10.8 Å². The summed E-state index contributed by atoms with van der Waals surface area (Å²) < 4.78 is 27.3. The first-order chi connectivity index (χ1) is 8.59. The first-order valence-electron chi connectivity index (χ1n) is 6.38. The topological polar surface area (TPSA) is 49.4 Å². The second-order valence-corrected chi connectivity index (χ2v) is 7.65. The molecule has 102 valence electrons. The Morgan fingerprint density at radius 3 is 2.78 bits per heavy atom. The normalized spacial score (nSPS) is 26.3. The molecule has 1 aromatic heterocycles. The molecule has 2 atom stereocenters. The van der Waals surface area contributed by atoms with Gasteiger partial charge in [-0.15, -0.1) is 11.3 Å². The van der Waals surface area contributed by atoms with Gasteiger partial charge in [0.15, 0.2) is 0 Å². The molecule has 1 N–H and O–H groups in total. The number of piperazine rings is 1. The Labute approximate surface area is 113 Å². The summed E-state index contributed by atoms with van der Waals surface area (Å²) in [5.74, 6) is 0. The molecular weight excluding hydrogens is 268 g/mol. The Kier molecular flexibility index (Phi) is 4.42. The van der Waals surface area contributed by atoms with Gasteiger partial charge in [0.05, 0.1) is 0 Å². The highest BCUT2D eigenvalue weighted by atomic mass is 32.2. The number of hydrogen-bond acceptors (Lipinski definition) is 4. The lowest BCUT2D eigenvalue weighted by Gasteiger charge is -2.38. The van der Waals surface area contributed by atoms with Crippen molar-refractivity contribution >= 4 is 21.4 Å². The fourth-order valence-corrected chi connectivity index (χ4v) is 5.14. The number of thiophene rings is 1. The van der Waals surface area contributed by atoms with Crippen molar-refractivity contribution in [3.05, 3.63) is 17.5 Å². The summed E-state index contributed by atoms with van der Waals surface area (Å²) in [5.41, 5.74) is 0. The number of nitrogens with one attached hydrogen (secondary N) is 1. The molecule has 0 spiro atoms. The molecule has 0 aliphatic carbocycles. The van der Waals surface area contributed by atoms with Crippen molar-refractivity contribution in [3.63, 3.8) is 0 Å². The molecule has 1 saturated heterocycles. The van der Waals surface area contributed by atoms with Crippen LogP contribution in [0.1, 0.15) is 26.7 Å². The van der Waals surface area contributed by atoms with E-state index in [2.05, 4.69) is 12.2 Å². The summed E-state index contributed by atoms with van der Waals surface area (Å²) in [4.78, 5) is 0. The van der Waals surface area contributed by atoms with E-state index in [1.54, 1.807) is 16.4 Å². The molecular formula is C12H20N2O2S2. The van der Waals surface area contributed by atoms with Crippen LogP contribution < -0.4 is 5.32 Å². The molecule has 0 bridgehead atoms. The smallest absolute Gasteiger partial charge is 0.252 e. The zero-order valence-electron chi connectivity index (χ0n) is 10.8. The Bertz CT molecular complexity index is 470. The van der Waals surface area contributed by atoms with Crippen LogP contribution in [0.4, 0.5) is 0 Å². The van der Waals surface area contributed by atoms with Crippen LogP contribution in [0.2, 0.25) is 0 Å². The van der Waals surface area contributed by atoms with E-state index in [9.17, 15) is 8.42 Å². The Morgan fingerprint density at radius 1 is 1.44 bits per heavy atom. The van der Waals surface area contributed by atoms with Crippen LogP contribution in [0.15, 0.2) is 21.7 Å². The third-order valence-electron chi connectivity index (χ3n) is 3.47. The van der Waals surface area contributed by atoms with Crippen molar-refractivity contribution in [2.75, 3.05) is 13.1 Å². The van der Waals surface area contributed by atoms with Crippen molar-refractivity contribution in [1.82, 2.24) is 9.62 Å². The molecule has 1 aliphatic rings. The second-order valence-electron chi connectivity index (χ2n) is 4.58. The number of sulfonamides is 1. The lowest BCUT2D eigenvalue weighted by molar-refractivity contribution is 0.216. The minimum absolute atomic E-state index is 0.0694. The summed E-state index contributed by atoms with van der Waals surface area (Å²) >= 11 is 1.29. The molecule has 1 aromatic rings. The van der Waals surface area contributed by atoms with Crippen LogP contribution in [-0.2, 0) is 10.0 Å². The molecule has 4 nitrogen and oxygen atoms in total. The summed E-state index contributed by atoms with van der Waals surface area (Å²) in [6, 6.07) is 3.82. The standard InChI is InChI=1S/C12H20N2O2S2/c1-3-10-9-14(11(4-2)8-13-10)18(15,16)12-6-5-7-17-12/h5-7,10-11,13H,3-4,8-9H2,1-2H3. The third-order valence-corrected chi connectivity index (χ3v) is 6.76. The minimum Gasteiger partial charge on any atom is -0.311 e. The summed E-state index contributed by atoms with van der Waals surface area (Å²) in [5, 5.41) is 5.23. The van der Waals surface area contributed by atoms with E-state index in [0.717, 1.165) is 19.4 Å². The minimum atomic E-state index is -3.31. The Hall–Kier alpha value is -0.430. The van der Waals surface area contributed by atoms with Gasteiger partial charge in [-0.05, 0) is 24.3 Å². The molecule has 0 saturated carbocycles. The fraction of sp³-hybridized carbons (Fsp3) is 0.667. The van der Waals surface area contributed by atoms with Gasteiger partial charge in [-0.1, -0.05) is 19.9 Å². The molecule has 2 unspecified atom stereocenters. The highest BCUT2D eigenvalue weighted by molar-refractivity contribution is 7.91. The van der Waals surface area contributed by atoms with Gasteiger partial charge in [0, 0.05) is 25.2 Å². The van der Waals surface area contributed by atoms with E-state index in [-0.39, 0.29) is 12.1 Å². The quantitative estimate of drug-likeness (QED) is 0.920. The van der Waals surface area contributed by atoms with Crippen molar-refractivity contribution in [1.29, 1.82) is 0 Å². The third kappa shape index (κ3) is 2.61. The maximum absolute atomic E-state index is 12.6. The molecule has 0 aromatic carbocycles. The van der Waals surface area contributed by atoms with Crippen LogP contribution in [-0.4, -0.2) is 37.9 Å². The first-order valence-corrected chi connectivity index (χ1v) is 8.70. The monoisotopic (exact) mass is 288 g/mol. The van der Waals surface area contributed by atoms with Crippen LogP contribution in [0.5, 0.6) is 0 Å². The maximum Gasteiger partial charge on any atom is 0.252 e. The van der Waals surface area contributed by atoms with Crippen LogP contribution >= 0.6 is 11.3 Å². The van der Waals surface area contributed by atoms with Crippen molar-refractivity contribution in [3.8, 4) is 0 Å². The van der Waals surface area contributed by atoms with Crippen LogP contribution in [0, 0.1) is 0 Å². The average molecular weight is 288 g/mol. The molecule has 1 aliphatic heterocycles. The SMILES string of the molecule is CCC1CN(S(=O)(=O)c2cccs2)C(CC)CN1. The van der Waals surface area contributed by atoms with Gasteiger partial charge in [0.1, 0.15) is 4.21 Å². The summed E-state index contributed by atoms with van der Waals surface area (Å²) in [7, 11) is -3.31. The van der Waals surface area contributed by atoms with Gasteiger partial charge >= 0.3 is 0 Å². The number of nitrogens with zero attached hydrogens (tertiary/aromatic N) is 1. The number of hydrogen-bond donors (Lipinski definition) is 1. The summed E-state index contributed by atoms with van der Waals surface area (Å²) in [6.45, 7) is 5.45. The van der Waals surface area contributed by atoms with E-state index >= 15 is 0 Å². The first kappa shape index (κ1) is 14.0. The average Bonchev–Trinajstić information content (AvgIpc) is 2.92. The lowest BCUT2D eigenvalue weighted by Crippen LogP contribution is -2.57. The van der Waals surface area contributed by atoms with Crippen molar-refractivity contribution in [2.24, 2.45) is 0 Å². The highest BCUT2D eigenvalue weighted by Gasteiger charge is 2.35. The lowest BCUT2D eigenvalue weighted by atomic mass is 10.1. The molecule has 2 heterocycles. The highest BCUT2D eigenvalue weighted by Crippen LogP contribution is 2.25. The second kappa shape index (κ2) is 5.69. The number of rotatable bonds is 4. The van der Waals surface area contributed by atoms with Gasteiger partial charge in [-0.25, -0.2) is 8.42 Å². The maximum atomic E-state index is 12.6. The Morgan fingerprint density at radius 2 is 2.22 bits per heavy atom. The predicted octanol–water partition coefficient (Wildman–Crippen LogP) is 1.90. The van der Waals surface area contributed by atoms with Gasteiger partial charge in [0.25, 0.3) is 10.0 Å². The molecule has 0 amide bonds. The molecule has 6 heteroatoms. The van der Waals surface area contributed by atoms with E-state index < -0.39 is 10.0 Å². The largest absolute Gasteiger partial charge is 0.311 e. The zero-order chi connectivity index (χ0) is 13.2. The van der Waals surface area contributed by atoms with Crippen LogP contribution in [0.25, 0.3) is 0 Å².